The second-order valence-corrected chi connectivity index (χ2v) is 6.49. The van der Waals surface area contributed by atoms with Gasteiger partial charge in [-0.1, -0.05) is 23.2 Å². The zero-order valence-electron chi connectivity index (χ0n) is 15.1. The normalized spacial score (nSPS) is 10.4. The van der Waals surface area contributed by atoms with Crippen molar-refractivity contribution in [3.05, 3.63) is 70.1 Å². The molecule has 146 valence electrons. The van der Waals surface area contributed by atoms with E-state index in [1.807, 2.05) is 0 Å². The van der Waals surface area contributed by atoms with Crippen LogP contribution in [0.1, 0.15) is 16.3 Å². The molecule has 0 unspecified atom stereocenters. The average Bonchev–Trinajstić information content (AvgIpc) is 3.17. The summed E-state index contributed by atoms with van der Waals surface area (Å²) >= 11 is 11.9. The van der Waals surface area contributed by atoms with Gasteiger partial charge >= 0.3 is 0 Å². The maximum atomic E-state index is 12.4. The van der Waals surface area contributed by atoms with Gasteiger partial charge in [0.25, 0.3) is 5.91 Å². The van der Waals surface area contributed by atoms with E-state index < -0.39 is 5.91 Å². The van der Waals surface area contributed by atoms with Crippen molar-refractivity contribution in [2.45, 2.75) is 6.61 Å². The number of rotatable bonds is 7. The fourth-order valence-electron chi connectivity index (χ4n) is 2.40. The summed E-state index contributed by atoms with van der Waals surface area (Å²) in [6.07, 6.45) is 0. The third kappa shape index (κ3) is 4.71. The van der Waals surface area contributed by atoms with Crippen molar-refractivity contribution < 1.29 is 23.4 Å². The molecule has 8 heteroatoms. The van der Waals surface area contributed by atoms with Crippen LogP contribution in [-0.2, 0) is 6.61 Å². The van der Waals surface area contributed by atoms with Crippen LogP contribution in [0.25, 0.3) is 0 Å². The van der Waals surface area contributed by atoms with E-state index in [0.717, 1.165) is 0 Å². The highest BCUT2D eigenvalue weighted by Crippen LogP contribution is 2.30. The number of anilines is 1. The second-order valence-electron chi connectivity index (χ2n) is 5.65. The molecule has 0 spiro atoms. The third-order valence-corrected chi connectivity index (χ3v) is 4.34. The molecule has 0 atom stereocenters. The van der Waals surface area contributed by atoms with Gasteiger partial charge in [0.1, 0.15) is 29.6 Å². The SMILES string of the molecule is COc1ccc(NC(=O)c2ccc(COc3ccc(Cl)cc3Cl)o2)c(OC)c1. The molecule has 1 aromatic heterocycles. The lowest BCUT2D eigenvalue weighted by Gasteiger charge is -2.10. The minimum absolute atomic E-state index is 0.112. The molecule has 0 aliphatic rings. The van der Waals surface area contributed by atoms with Crippen LogP contribution in [0.4, 0.5) is 5.69 Å². The Kier molecular flexibility index (Phi) is 6.34. The average molecular weight is 422 g/mol. The molecule has 2 aromatic carbocycles. The molecule has 0 radical (unpaired) electrons. The molecular formula is C20H17Cl2NO5. The van der Waals surface area contributed by atoms with E-state index in [2.05, 4.69) is 5.32 Å². The number of nitrogens with one attached hydrogen (secondary N) is 1. The van der Waals surface area contributed by atoms with Crippen LogP contribution in [0.15, 0.2) is 52.9 Å². The van der Waals surface area contributed by atoms with E-state index >= 15 is 0 Å². The van der Waals surface area contributed by atoms with Crippen molar-refractivity contribution in [1.29, 1.82) is 0 Å². The topological polar surface area (TPSA) is 69.9 Å². The first kappa shape index (κ1) is 19.9. The highest BCUT2D eigenvalue weighted by Gasteiger charge is 2.15. The summed E-state index contributed by atoms with van der Waals surface area (Å²) in [4.78, 5) is 12.4. The standard InChI is InChI=1S/C20H17Cl2NO5/c1-25-13-4-6-16(19(10-13)26-2)23-20(24)18-8-5-14(28-18)11-27-17-7-3-12(21)9-15(17)22/h3-10H,11H2,1-2H3,(H,23,24). The van der Waals surface area contributed by atoms with Crippen molar-refractivity contribution in [3.63, 3.8) is 0 Å². The lowest BCUT2D eigenvalue weighted by molar-refractivity contribution is 0.0992. The molecule has 3 aromatic rings. The number of amides is 1. The number of hydrogen-bond donors (Lipinski definition) is 1. The van der Waals surface area contributed by atoms with E-state index in [-0.39, 0.29) is 12.4 Å². The molecule has 28 heavy (non-hydrogen) atoms. The van der Waals surface area contributed by atoms with E-state index in [0.29, 0.717) is 38.7 Å². The number of carbonyl (C=O) groups is 1. The Balaban J connectivity index is 1.65. The molecule has 0 fully saturated rings. The Morgan fingerprint density at radius 1 is 1.00 bits per heavy atom. The summed E-state index contributed by atoms with van der Waals surface area (Å²) in [6, 6.07) is 13.2. The fourth-order valence-corrected chi connectivity index (χ4v) is 2.87. The number of benzene rings is 2. The molecule has 1 heterocycles. The quantitative estimate of drug-likeness (QED) is 0.550. The molecule has 0 saturated heterocycles. The van der Waals surface area contributed by atoms with E-state index in [4.69, 9.17) is 41.8 Å². The van der Waals surface area contributed by atoms with Crippen molar-refractivity contribution in [1.82, 2.24) is 0 Å². The highest BCUT2D eigenvalue weighted by atomic mass is 35.5. The second kappa shape index (κ2) is 8.91. The first-order valence-electron chi connectivity index (χ1n) is 8.20. The van der Waals surface area contributed by atoms with Gasteiger partial charge in [0.05, 0.1) is 24.9 Å². The Hall–Kier alpha value is -2.83. The van der Waals surface area contributed by atoms with Gasteiger partial charge in [0.2, 0.25) is 0 Å². The molecule has 1 amide bonds. The summed E-state index contributed by atoms with van der Waals surface area (Å²) in [5, 5.41) is 3.65. The fraction of sp³-hybridized carbons (Fsp3) is 0.150. The van der Waals surface area contributed by atoms with E-state index in [1.54, 1.807) is 55.6 Å². The Labute approximate surface area is 171 Å². The van der Waals surface area contributed by atoms with Gasteiger partial charge in [-0.3, -0.25) is 4.79 Å². The molecular weight excluding hydrogens is 405 g/mol. The van der Waals surface area contributed by atoms with Crippen LogP contribution in [0, 0.1) is 0 Å². The predicted octanol–water partition coefficient (Wildman–Crippen LogP) is 5.43. The Bertz CT molecular complexity index is 986. The molecule has 0 bridgehead atoms. The minimum Gasteiger partial charge on any atom is -0.497 e. The largest absolute Gasteiger partial charge is 0.497 e. The highest BCUT2D eigenvalue weighted by molar-refractivity contribution is 6.35. The smallest absolute Gasteiger partial charge is 0.291 e. The van der Waals surface area contributed by atoms with Gasteiger partial charge in [-0.15, -0.1) is 0 Å². The zero-order valence-corrected chi connectivity index (χ0v) is 16.6. The molecule has 1 N–H and O–H groups in total. The number of furan rings is 1. The zero-order chi connectivity index (χ0) is 20.1. The van der Waals surface area contributed by atoms with Crippen molar-refractivity contribution in [3.8, 4) is 17.2 Å². The van der Waals surface area contributed by atoms with E-state index in [1.165, 1.54) is 7.11 Å². The summed E-state index contributed by atoms with van der Waals surface area (Å²) in [5.41, 5.74) is 0.496. The first-order chi connectivity index (χ1) is 13.5. The molecule has 6 nitrogen and oxygen atoms in total. The maximum Gasteiger partial charge on any atom is 0.291 e. The van der Waals surface area contributed by atoms with Gasteiger partial charge in [0, 0.05) is 11.1 Å². The van der Waals surface area contributed by atoms with Crippen LogP contribution in [0.3, 0.4) is 0 Å². The van der Waals surface area contributed by atoms with Gasteiger partial charge in [0.15, 0.2) is 5.76 Å². The third-order valence-electron chi connectivity index (χ3n) is 3.81. The minimum atomic E-state index is -0.417. The monoisotopic (exact) mass is 421 g/mol. The number of ether oxygens (including phenoxy) is 3. The predicted molar refractivity (Wildman–Crippen MR) is 107 cm³/mol. The summed E-state index contributed by atoms with van der Waals surface area (Å²) in [7, 11) is 3.06. The number of halogens is 2. The van der Waals surface area contributed by atoms with Crippen LogP contribution in [0.2, 0.25) is 10.0 Å². The number of hydrogen-bond acceptors (Lipinski definition) is 5. The first-order valence-corrected chi connectivity index (χ1v) is 8.95. The van der Waals surface area contributed by atoms with Crippen molar-refractivity contribution >= 4 is 34.8 Å². The number of carbonyl (C=O) groups excluding carboxylic acids is 1. The summed E-state index contributed by atoms with van der Waals surface area (Å²) < 4.78 is 21.6. The maximum absolute atomic E-state index is 12.4. The molecule has 0 saturated carbocycles. The van der Waals surface area contributed by atoms with Crippen molar-refractivity contribution in [2.75, 3.05) is 19.5 Å². The van der Waals surface area contributed by atoms with Crippen molar-refractivity contribution in [2.24, 2.45) is 0 Å². The van der Waals surface area contributed by atoms with E-state index in [9.17, 15) is 4.79 Å². The Morgan fingerprint density at radius 3 is 2.54 bits per heavy atom. The lowest BCUT2D eigenvalue weighted by Crippen LogP contribution is -2.11. The van der Waals surface area contributed by atoms with Gasteiger partial charge in [-0.05, 0) is 42.5 Å². The van der Waals surface area contributed by atoms with Crippen LogP contribution in [0.5, 0.6) is 17.2 Å². The Morgan fingerprint density at radius 2 is 1.82 bits per heavy atom. The lowest BCUT2D eigenvalue weighted by atomic mass is 10.2. The molecule has 0 aliphatic carbocycles. The molecule has 0 aliphatic heterocycles. The van der Waals surface area contributed by atoms with Gasteiger partial charge < -0.3 is 23.9 Å². The molecule has 3 rings (SSSR count). The van der Waals surface area contributed by atoms with Crippen LogP contribution >= 0.6 is 23.2 Å². The van der Waals surface area contributed by atoms with Crippen LogP contribution < -0.4 is 19.5 Å². The summed E-state index contributed by atoms with van der Waals surface area (Å²) in [6.45, 7) is 0.112. The van der Waals surface area contributed by atoms with Gasteiger partial charge in [-0.2, -0.15) is 0 Å². The number of methoxy groups -OCH3 is 2. The van der Waals surface area contributed by atoms with Gasteiger partial charge in [-0.25, -0.2) is 0 Å². The van der Waals surface area contributed by atoms with Crippen LogP contribution in [-0.4, -0.2) is 20.1 Å². The summed E-state index contributed by atoms with van der Waals surface area (Å²) in [5.74, 6) is 1.75.